The molecule has 0 radical (unpaired) electrons. The van der Waals surface area contributed by atoms with E-state index in [4.69, 9.17) is 9.15 Å². The fraction of sp³-hybridized carbons (Fsp3) is 0.158. The topological polar surface area (TPSA) is 68.5 Å². The van der Waals surface area contributed by atoms with Crippen molar-refractivity contribution >= 4 is 28.5 Å². The standard InChI is InChI=1S/C19H17NO4/c1-3-23-19(22)14-6-4-5-7-15(14)20-18(21)17-11-13-9-8-12(2)10-16(13)24-17/h4-11H,3H2,1-2H3,(H,20,21). The smallest absolute Gasteiger partial charge is 0.340 e. The van der Waals surface area contributed by atoms with E-state index in [1.165, 1.54) is 0 Å². The molecule has 3 rings (SSSR count). The number of rotatable bonds is 4. The molecule has 0 aliphatic rings. The summed E-state index contributed by atoms with van der Waals surface area (Å²) in [4.78, 5) is 24.4. The monoisotopic (exact) mass is 323 g/mol. The fourth-order valence-electron chi connectivity index (χ4n) is 2.41. The lowest BCUT2D eigenvalue weighted by Gasteiger charge is -2.09. The maximum atomic E-state index is 12.4. The van der Waals surface area contributed by atoms with Gasteiger partial charge in [-0.1, -0.05) is 24.3 Å². The number of aryl methyl sites for hydroxylation is 1. The van der Waals surface area contributed by atoms with Crippen molar-refractivity contribution in [3.63, 3.8) is 0 Å². The van der Waals surface area contributed by atoms with Crippen LogP contribution in [0.3, 0.4) is 0 Å². The molecule has 0 bridgehead atoms. The molecular formula is C19H17NO4. The van der Waals surface area contributed by atoms with Crippen LogP contribution in [0.2, 0.25) is 0 Å². The Hall–Kier alpha value is -3.08. The van der Waals surface area contributed by atoms with E-state index < -0.39 is 11.9 Å². The number of benzene rings is 2. The summed E-state index contributed by atoms with van der Waals surface area (Å²) in [6.07, 6.45) is 0. The summed E-state index contributed by atoms with van der Waals surface area (Å²) in [5.74, 6) is -0.705. The zero-order chi connectivity index (χ0) is 17.1. The van der Waals surface area contributed by atoms with Gasteiger partial charge in [-0.3, -0.25) is 4.79 Å². The van der Waals surface area contributed by atoms with Crippen LogP contribution in [0.15, 0.2) is 52.9 Å². The van der Waals surface area contributed by atoms with Gasteiger partial charge in [-0.2, -0.15) is 0 Å². The van der Waals surface area contributed by atoms with Crippen molar-refractivity contribution in [1.82, 2.24) is 0 Å². The number of fused-ring (bicyclic) bond motifs is 1. The number of ether oxygens (including phenoxy) is 1. The number of carbonyl (C=O) groups excluding carboxylic acids is 2. The van der Waals surface area contributed by atoms with Crippen LogP contribution >= 0.6 is 0 Å². The van der Waals surface area contributed by atoms with Gasteiger partial charge in [-0.05, 0) is 43.7 Å². The first-order valence-corrected chi connectivity index (χ1v) is 7.66. The molecular weight excluding hydrogens is 306 g/mol. The van der Waals surface area contributed by atoms with Crippen molar-refractivity contribution in [2.24, 2.45) is 0 Å². The second-order valence-electron chi connectivity index (χ2n) is 5.37. The highest BCUT2D eigenvalue weighted by molar-refractivity contribution is 6.08. The highest BCUT2D eigenvalue weighted by atomic mass is 16.5. The Bertz CT molecular complexity index is 911. The van der Waals surface area contributed by atoms with E-state index in [2.05, 4.69) is 5.32 Å². The molecule has 0 fully saturated rings. The van der Waals surface area contributed by atoms with E-state index in [1.54, 1.807) is 37.3 Å². The second-order valence-corrected chi connectivity index (χ2v) is 5.37. The number of amides is 1. The summed E-state index contributed by atoms with van der Waals surface area (Å²) in [5.41, 5.74) is 2.40. The van der Waals surface area contributed by atoms with Crippen molar-refractivity contribution in [2.75, 3.05) is 11.9 Å². The van der Waals surface area contributed by atoms with Crippen LogP contribution in [0.4, 0.5) is 5.69 Å². The number of anilines is 1. The predicted octanol–water partition coefficient (Wildman–Crippen LogP) is 4.17. The highest BCUT2D eigenvalue weighted by Crippen LogP contribution is 2.22. The first-order chi connectivity index (χ1) is 11.6. The third-order valence-corrected chi connectivity index (χ3v) is 3.57. The molecule has 1 amide bonds. The molecule has 24 heavy (non-hydrogen) atoms. The molecule has 0 aliphatic carbocycles. The van der Waals surface area contributed by atoms with Crippen LogP contribution < -0.4 is 5.32 Å². The van der Waals surface area contributed by atoms with Crippen LogP contribution in [0.5, 0.6) is 0 Å². The molecule has 1 aromatic heterocycles. The number of hydrogen-bond acceptors (Lipinski definition) is 4. The van der Waals surface area contributed by atoms with Crippen LogP contribution in [0.1, 0.15) is 33.4 Å². The Morgan fingerprint density at radius 1 is 1.12 bits per heavy atom. The van der Waals surface area contributed by atoms with E-state index in [-0.39, 0.29) is 12.4 Å². The molecule has 0 saturated heterocycles. The molecule has 0 aliphatic heterocycles. The maximum absolute atomic E-state index is 12.4. The summed E-state index contributed by atoms with van der Waals surface area (Å²) in [6.45, 7) is 3.96. The first kappa shape index (κ1) is 15.8. The summed E-state index contributed by atoms with van der Waals surface area (Å²) in [5, 5.41) is 3.56. The van der Waals surface area contributed by atoms with Gasteiger partial charge in [0.2, 0.25) is 0 Å². The SMILES string of the molecule is CCOC(=O)c1ccccc1NC(=O)c1cc2ccc(C)cc2o1. The van der Waals surface area contributed by atoms with Gasteiger partial charge >= 0.3 is 5.97 Å². The number of hydrogen-bond donors (Lipinski definition) is 1. The predicted molar refractivity (Wildman–Crippen MR) is 91.3 cm³/mol. The van der Waals surface area contributed by atoms with E-state index >= 15 is 0 Å². The largest absolute Gasteiger partial charge is 0.462 e. The average molecular weight is 323 g/mol. The van der Waals surface area contributed by atoms with Crippen molar-refractivity contribution in [3.8, 4) is 0 Å². The van der Waals surface area contributed by atoms with Gasteiger partial charge in [0.15, 0.2) is 5.76 Å². The second kappa shape index (κ2) is 6.58. The lowest BCUT2D eigenvalue weighted by Crippen LogP contribution is -2.15. The van der Waals surface area contributed by atoms with Crippen molar-refractivity contribution < 1.29 is 18.7 Å². The number of carbonyl (C=O) groups is 2. The highest BCUT2D eigenvalue weighted by Gasteiger charge is 2.17. The molecule has 0 unspecified atom stereocenters. The van der Waals surface area contributed by atoms with Gasteiger partial charge in [-0.15, -0.1) is 0 Å². The summed E-state index contributed by atoms with van der Waals surface area (Å²) in [6, 6.07) is 14.1. The van der Waals surface area contributed by atoms with Gasteiger partial charge in [0.1, 0.15) is 5.58 Å². The molecule has 3 aromatic rings. The Morgan fingerprint density at radius 3 is 2.71 bits per heavy atom. The van der Waals surface area contributed by atoms with Crippen molar-refractivity contribution in [3.05, 3.63) is 65.4 Å². The van der Waals surface area contributed by atoms with Gasteiger partial charge in [0.25, 0.3) is 5.91 Å². The van der Waals surface area contributed by atoms with Crippen LogP contribution in [0, 0.1) is 6.92 Å². The number of nitrogens with one attached hydrogen (secondary N) is 1. The van der Waals surface area contributed by atoms with Crippen LogP contribution in [0.25, 0.3) is 11.0 Å². The number of para-hydroxylation sites is 1. The third-order valence-electron chi connectivity index (χ3n) is 3.57. The molecule has 0 spiro atoms. The van der Waals surface area contributed by atoms with E-state index in [1.807, 2.05) is 25.1 Å². The average Bonchev–Trinajstić information content (AvgIpc) is 2.98. The van der Waals surface area contributed by atoms with Gasteiger partial charge in [0.05, 0.1) is 17.9 Å². The van der Waals surface area contributed by atoms with E-state index in [0.29, 0.717) is 16.8 Å². The molecule has 122 valence electrons. The van der Waals surface area contributed by atoms with Gasteiger partial charge in [-0.25, -0.2) is 4.79 Å². The van der Waals surface area contributed by atoms with Gasteiger partial charge < -0.3 is 14.5 Å². The normalized spacial score (nSPS) is 10.6. The number of furan rings is 1. The van der Waals surface area contributed by atoms with Crippen molar-refractivity contribution in [2.45, 2.75) is 13.8 Å². The molecule has 5 heteroatoms. The Balaban J connectivity index is 1.87. The minimum absolute atomic E-state index is 0.189. The maximum Gasteiger partial charge on any atom is 0.340 e. The summed E-state index contributed by atoms with van der Waals surface area (Å²) >= 11 is 0. The fourth-order valence-corrected chi connectivity index (χ4v) is 2.41. The minimum Gasteiger partial charge on any atom is -0.462 e. The Labute approximate surface area is 139 Å². The zero-order valence-electron chi connectivity index (χ0n) is 13.5. The summed E-state index contributed by atoms with van der Waals surface area (Å²) < 4.78 is 10.6. The molecule has 1 N–H and O–H groups in total. The molecule has 2 aromatic carbocycles. The molecule has 5 nitrogen and oxygen atoms in total. The Kier molecular flexibility index (Phi) is 4.33. The van der Waals surface area contributed by atoms with Crippen molar-refractivity contribution in [1.29, 1.82) is 0 Å². The first-order valence-electron chi connectivity index (χ1n) is 7.66. The summed E-state index contributed by atoms with van der Waals surface area (Å²) in [7, 11) is 0. The van der Waals surface area contributed by atoms with Crippen LogP contribution in [-0.2, 0) is 4.74 Å². The lowest BCUT2D eigenvalue weighted by molar-refractivity contribution is 0.0527. The van der Waals surface area contributed by atoms with E-state index in [0.717, 1.165) is 10.9 Å². The molecule has 1 heterocycles. The lowest BCUT2D eigenvalue weighted by atomic mass is 10.1. The molecule has 0 atom stereocenters. The zero-order valence-corrected chi connectivity index (χ0v) is 13.5. The van der Waals surface area contributed by atoms with Crippen LogP contribution in [-0.4, -0.2) is 18.5 Å². The number of esters is 1. The quantitative estimate of drug-likeness (QED) is 0.732. The van der Waals surface area contributed by atoms with Gasteiger partial charge in [0, 0.05) is 5.39 Å². The minimum atomic E-state index is -0.478. The van der Waals surface area contributed by atoms with E-state index in [9.17, 15) is 9.59 Å². The molecule has 0 saturated carbocycles. The third kappa shape index (κ3) is 3.15. The Morgan fingerprint density at radius 2 is 1.92 bits per heavy atom.